The van der Waals surface area contributed by atoms with Gasteiger partial charge >= 0.3 is 5.97 Å². The Morgan fingerprint density at radius 1 is 1.04 bits per heavy atom. The number of rotatable bonds is 7. The molecule has 0 bridgehead atoms. The Kier molecular flexibility index (Phi) is 5.50. The lowest BCUT2D eigenvalue weighted by molar-refractivity contribution is -0.140. The van der Waals surface area contributed by atoms with Crippen molar-refractivity contribution in [1.29, 1.82) is 0 Å². The fraction of sp³-hybridized carbons (Fsp3) is 0.278. The zero-order valence-corrected chi connectivity index (χ0v) is 13.8. The normalized spacial score (nSPS) is 11.1. The molecule has 0 aliphatic rings. The molecule has 0 amide bonds. The molecule has 0 radical (unpaired) electrons. The number of benzene rings is 2. The molecule has 0 fully saturated rings. The molecule has 2 aromatic rings. The summed E-state index contributed by atoms with van der Waals surface area (Å²) < 4.78 is 11.4. The van der Waals surface area contributed by atoms with Crippen LogP contribution in [0.4, 0.5) is 0 Å². The minimum Gasteiger partial charge on any atom is -0.489 e. The molecule has 2 aromatic carbocycles. The van der Waals surface area contributed by atoms with Crippen molar-refractivity contribution in [2.24, 2.45) is 0 Å². The van der Waals surface area contributed by atoms with E-state index >= 15 is 0 Å². The van der Waals surface area contributed by atoms with E-state index in [9.17, 15) is 4.79 Å². The van der Waals surface area contributed by atoms with Crippen LogP contribution in [0.5, 0.6) is 11.5 Å². The molecule has 4 nitrogen and oxygen atoms in total. The molecule has 0 aliphatic carbocycles. The molecule has 122 valence electrons. The third-order valence-electron chi connectivity index (χ3n) is 3.11. The van der Waals surface area contributed by atoms with Gasteiger partial charge in [0.2, 0.25) is 0 Å². The molecule has 0 unspecified atom stereocenters. The van der Waals surface area contributed by atoms with Crippen LogP contribution in [0.15, 0.2) is 48.5 Å². The van der Waals surface area contributed by atoms with Gasteiger partial charge in [-0.25, -0.2) is 0 Å². The summed E-state index contributed by atoms with van der Waals surface area (Å²) in [5, 5.41) is 9.55. The Morgan fingerprint density at radius 2 is 1.61 bits per heavy atom. The first-order chi connectivity index (χ1) is 10.8. The quantitative estimate of drug-likeness (QED) is 0.807. The summed E-state index contributed by atoms with van der Waals surface area (Å²) in [7, 11) is 0. The highest BCUT2D eigenvalue weighted by molar-refractivity contribution is 6.30. The summed E-state index contributed by atoms with van der Waals surface area (Å²) >= 11 is 5.84. The van der Waals surface area contributed by atoms with Crippen LogP contribution in [0.1, 0.15) is 25.8 Å². The van der Waals surface area contributed by atoms with Gasteiger partial charge in [0, 0.05) is 5.02 Å². The number of aliphatic carboxylic acids is 1. The van der Waals surface area contributed by atoms with Crippen molar-refractivity contribution in [2.45, 2.75) is 32.5 Å². The molecular formula is C18H19ClO4. The van der Waals surface area contributed by atoms with Gasteiger partial charge in [0.05, 0.1) is 6.42 Å². The van der Waals surface area contributed by atoms with Crippen molar-refractivity contribution in [2.75, 3.05) is 0 Å². The Morgan fingerprint density at radius 3 is 2.17 bits per heavy atom. The van der Waals surface area contributed by atoms with E-state index in [2.05, 4.69) is 0 Å². The van der Waals surface area contributed by atoms with Crippen molar-refractivity contribution < 1.29 is 19.4 Å². The van der Waals surface area contributed by atoms with Gasteiger partial charge in [-0.2, -0.15) is 0 Å². The zero-order chi connectivity index (χ0) is 16.9. The summed E-state index contributed by atoms with van der Waals surface area (Å²) in [6.45, 7) is 3.93. The Balaban J connectivity index is 1.91. The predicted molar refractivity (Wildman–Crippen MR) is 89.2 cm³/mol. The molecule has 0 heterocycles. The molecule has 0 spiro atoms. The van der Waals surface area contributed by atoms with E-state index in [0.717, 1.165) is 5.56 Å². The monoisotopic (exact) mass is 334 g/mol. The number of carbonyl (C=O) groups is 1. The van der Waals surface area contributed by atoms with Gasteiger partial charge in [0.15, 0.2) is 0 Å². The summed E-state index contributed by atoms with van der Waals surface area (Å²) in [6.07, 6.45) is -0.0676. The fourth-order valence-corrected chi connectivity index (χ4v) is 2.20. The lowest BCUT2D eigenvalue weighted by Crippen LogP contribution is -2.31. The zero-order valence-electron chi connectivity index (χ0n) is 13.1. The minimum absolute atomic E-state index is 0.0676. The van der Waals surface area contributed by atoms with E-state index in [4.69, 9.17) is 26.2 Å². The third kappa shape index (κ3) is 5.83. The summed E-state index contributed by atoms with van der Waals surface area (Å²) in [5.74, 6) is 0.427. The van der Waals surface area contributed by atoms with Crippen molar-refractivity contribution in [3.63, 3.8) is 0 Å². The molecule has 0 saturated carbocycles. The van der Waals surface area contributed by atoms with Gasteiger partial charge in [0.1, 0.15) is 23.7 Å². The number of carboxylic acid groups (broad SMARTS) is 1. The van der Waals surface area contributed by atoms with Gasteiger partial charge < -0.3 is 14.6 Å². The van der Waals surface area contributed by atoms with Gasteiger partial charge in [-0.15, -0.1) is 0 Å². The predicted octanol–water partition coefficient (Wildman–Crippen LogP) is 4.55. The Bertz CT molecular complexity index is 648. The highest BCUT2D eigenvalue weighted by atomic mass is 35.5. The molecule has 0 aliphatic heterocycles. The van der Waals surface area contributed by atoms with E-state index in [0.29, 0.717) is 23.1 Å². The highest BCUT2D eigenvalue weighted by Gasteiger charge is 2.23. The van der Waals surface area contributed by atoms with Crippen LogP contribution in [0.25, 0.3) is 0 Å². The van der Waals surface area contributed by atoms with Gasteiger partial charge in [-0.3, -0.25) is 4.79 Å². The number of carboxylic acids is 1. The van der Waals surface area contributed by atoms with Crippen molar-refractivity contribution >= 4 is 17.6 Å². The van der Waals surface area contributed by atoms with E-state index in [1.54, 1.807) is 38.1 Å². The van der Waals surface area contributed by atoms with Gasteiger partial charge in [-0.05, 0) is 55.8 Å². The van der Waals surface area contributed by atoms with Crippen LogP contribution in [0.2, 0.25) is 5.02 Å². The lowest BCUT2D eigenvalue weighted by atomic mass is 10.1. The molecule has 1 N–H and O–H groups in total. The first-order valence-electron chi connectivity index (χ1n) is 7.22. The Hall–Kier alpha value is -2.20. The first-order valence-corrected chi connectivity index (χ1v) is 7.60. The molecule has 0 saturated heterocycles. The van der Waals surface area contributed by atoms with E-state index < -0.39 is 11.6 Å². The van der Waals surface area contributed by atoms with Crippen LogP contribution < -0.4 is 9.47 Å². The average Bonchev–Trinajstić information content (AvgIpc) is 2.46. The fourth-order valence-electron chi connectivity index (χ4n) is 2.07. The molecule has 5 heteroatoms. The Labute approximate surface area is 140 Å². The second-order valence-electron chi connectivity index (χ2n) is 5.82. The summed E-state index contributed by atoms with van der Waals surface area (Å²) in [4.78, 5) is 10.8. The molecular weight excluding hydrogens is 316 g/mol. The highest BCUT2D eigenvalue weighted by Crippen LogP contribution is 2.24. The number of halogens is 1. The van der Waals surface area contributed by atoms with Crippen molar-refractivity contribution in [1.82, 2.24) is 0 Å². The summed E-state index contributed by atoms with van der Waals surface area (Å²) in [5.41, 5.74) is 0.259. The first kappa shape index (κ1) is 17.2. The maximum atomic E-state index is 10.8. The maximum Gasteiger partial charge on any atom is 0.307 e. The molecule has 0 aromatic heterocycles. The van der Waals surface area contributed by atoms with E-state index in [1.165, 1.54) is 0 Å². The van der Waals surface area contributed by atoms with E-state index in [1.807, 2.05) is 24.3 Å². The van der Waals surface area contributed by atoms with Gasteiger partial charge in [0.25, 0.3) is 0 Å². The molecule has 0 atom stereocenters. The van der Waals surface area contributed by atoms with Crippen LogP contribution >= 0.6 is 11.6 Å². The lowest BCUT2D eigenvalue weighted by Gasteiger charge is -2.24. The van der Waals surface area contributed by atoms with Crippen LogP contribution in [-0.2, 0) is 11.4 Å². The second kappa shape index (κ2) is 7.38. The summed E-state index contributed by atoms with van der Waals surface area (Å²) in [6, 6.07) is 14.6. The van der Waals surface area contributed by atoms with E-state index in [-0.39, 0.29) is 6.42 Å². The standard InChI is InChI=1S/C18H19ClO4/c1-18(2,11-17(20)21)23-16-9-7-15(8-10-16)22-12-13-3-5-14(19)6-4-13/h3-10H,11-12H2,1-2H3,(H,20,21). The maximum absolute atomic E-state index is 10.8. The second-order valence-corrected chi connectivity index (χ2v) is 6.26. The largest absolute Gasteiger partial charge is 0.489 e. The van der Waals surface area contributed by atoms with Crippen molar-refractivity contribution in [3.8, 4) is 11.5 Å². The van der Waals surface area contributed by atoms with Gasteiger partial charge in [-0.1, -0.05) is 23.7 Å². The number of hydrogen-bond donors (Lipinski definition) is 1. The topological polar surface area (TPSA) is 55.8 Å². The number of ether oxygens (including phenoxy) is 2. The minimum atomic E-state index is -0.891. The molecule has 2 rings (SSSR count). The van der Waals surface area contributed by atoms with Crippen molar-refractivity contribution in [3.05, 3.63) is 59.1 Å². The van der Waals surface area contributed by atoms with Crippen LogP contribution in [0, 0.1) is 0 Å². The van der Waals surface area contributed by atoms with Crippen LogP contribution in [-0.4, -0.2) is 16.7 Å². The number of hydrogen-bond acceptors (Lipinski definition) is 3. The third-order valence-corrected chi connectivity index (χ3v) is 3.37. The SMILES string of the molecule is CC(C)(CC(=O)O)Oc1ccc(OCc2ccc(Cl)cc2)cc1. The smallest absolute Gasteiger partial charge is 0.307 e. The average molecular weight is 335 g/mol. The molecule has 23 heavy (non-hydrogen) atoms. The van der Waals surface area contributed by atoms with Crippen LogP contribution in [0.3, 0.4) is 0 Å².